The van der Waals surface area contributed by atoms with Gasteiger partial charge in [0.25, 0.3) is 0 Å². The molecule has 6 heterocycles. The Balaban J connectivity index is 1.02. The fourth-order valence-electron chi connectivity index (χ4n) is 5.19. The van der Waals surface area contributed by atoms with Gasteiger partial charge in [0, 0.05) is 69.4 Å². The van der Waals surface area contributed by atoms with E-state index in [9.17, 15) is 0 Å². The lowest BCUT2D eigenvalue weighted by molar-refractivity contribution is -0.0660. The zero-order valence-electron chi connectivity index (χ0n) is 21.8. The van der Waals surface area contributed by atoms with Crippen molar-refractivity contribution in [3.8, 4) is 22.6 Å². The minimum absolute atomic E-state index is 0.604. The van der Waals surface area contributed by atoms with Crippen LogP contribution in [-0.4, -0.2) is 84.7 Å². The molecule has 4 aromatic heterocycles. The highest BCUT2D eigenvalue weighted by Gasteiger charge is 2.29. The Labute approximate surface area is 226 Å². The highest BCUT2D eigenvalue weighted by Crippen LogP contribution is 2.25. The van der Waals surface area contributed by atoms with Crippen molar-refractivity contribution in [2.75, 3.05) is 49.6 Å². The molecule has 0 bridgehead atoms. The number of hydrogen-bond donors (Lipinski definition) is 1. The molecule has 0 radical (unpaired) electrons. The summed E-state index contributed by atoms with van der Waals surface area (Å²) in [7, 11) is 1.82. The average Bonchev–Trinajstić information content (AvgIpc) is 3.58. The molecule has 11 nitrogen and oxygen atoms in total. The first-order chi connectivity index (χ1) is 19.2. The Kier molecular flexibility index (Phi) is 6.14. The first kappa shape index (κ1) is 23.7. The van der Waals surface area contributed by atoms with E-state index in [0.717, 1.165) is 79.1 Å². The zero-order chi connectivity index (χ0) is 26.2. The number of piperazine rings is 1. The maximum absolute atomic E-state index is 5.36. The third kappa shape index (κ3) is 4.82. The zero-order valence-corrected chi connectivity index (χ0v) is 21.8. The summed E-state index contributed by atoms with van der Waals surface area (Å²) in [5.41, 5.74) is 6.92. The van der Waals surface area contributed by atoms with Crippen LogP contribution in [0, 0.1) is 0 Å². The van der Waals surface area contributed by atoms with Crippen LogP contribution < -0.4 is 10.2 Å². The monoisotopic (exact) mass is 522 g/mol. The van der Waals surface area contributed by atoms with E-state index in [0.29, 0.717) is 12.6 Å². The lowest BCUT2D eigenvalue weighted by Crippen LogP contribution is -2.56. The molecule has 0 unspecified atom stereocenters. The Hall–Kier alpha value is -4.35. The van der Waals surface area contributed by atoms with Crippen LogP contribution in [0.25, 0.3) is 28.3 Å². The van der Waals surface area contributed by atoms with Crippen molar-refractivity contribution in [2.45, 2.75) is 12.6 Å². The molecule has 11 heteroatoms. The molecule has 2 fully saturated rings. The fraction of sp³-hybridized carbons (Fsp3) is 0.321. The smallest absolute Gasteiger partial charge is 0.139 e. The van der Waals surface area contributed by atoms with Crippen LogP contribution in [0.1, 0.15) is 5.56 Å². The van der Waals surface area contributed by atoms with Gasteiger partial charge in [-0.2, -0.15) is 15.0 Å². The molecule has 198 valence electrons. The highest BCUT2D eigenvalue weighted by molar-refractivity contribution is 5.66. The van der Waals surface area contributed by atoms with Gasteiger partial charge in [0.15, 0.2) is 0 Å². The summed E-state index contributed by atoms with van der Waals surface area (Å²) in [6.07, 6.45) is 7.33. The van der Waals surface area contributed by atoms with E-state index < -0.39 is 0 Å². The van der Waals surface area contributed by atoms with Crippen molar-refractivity contribution in [1.82, 2.24) is 39.2 Å². The van der Waals surface area contributed by atoms with Crippen LogP contribution >= 0.6 is 0 Å². The summed E-state index contributed by atoms with van der Waals surface area (Å²) in [5.74, 6) is 0.763. The topological polar surface area (TPSA) is 102 Å². The highest BCUT2D eigenvalue weighted by atomic mass is 16.5. The molecule has 5 aromatic rings. The number of fused-ring (bicyclic) bond motifs is 1. The number of pyridine rings is 1. The van der Waals surface area contributed by atoms with Crippen molar-refractivity contribution in [1.29, 1.82) is 0 Å². The standard InChI is InChI=1S/C28H30N10O/c1-35-33-15-25(34-35)21-4-2-20(3-5-21)14-29-27-13-24(31-19-32-27)26-16-30-28-12-22(6-7-38(26)28)36-8-10-37(11-9-36)23-17-39-18-23/h2-7,12-13,15-16,19,23H,8-11,14,17-18H2,1H3,(H,29,31,32). The number of aryl methyl sites for hydroxylation is 1. The maximum Gasteiger partial charge on any atom is 0.139 e. The lowest BCUT2D eigenvalue weighted by Gasteiger charge is -2.43. The third-order valence-electron chi connectivity index (χ3n) is 7.57. The average molecular weight is 523 g/mol. The molecule has 0 aliphatic carbocycles. The minimum atomic E-state index is 0.604. The molecule has 0 atom stereocenters. The minimum Gasteiger partial charge on any atom is -0.378 e. The van der Waals surface area contributed by atoms with Crippen LogP contribution in [0.2, 0.25) is 0 Å². The Morgan fingerprint density at radius 2 is 1.77 bits per heavy atom. The number of anilines is 2. The summed E-state index contributed by atoms with van der Waals surface area (Å²) in [4.78, 5) is 20.2. The molecule has 2 saturated heterocycles. The van der Waals surface area contributed by atoms with Crippen molar-refractivity contribution < 1.29 is 4.74 Å². The van der Waals surface area contributed by atoms with Crippen LogP contribution in [-0.2, 0) is 18.3 Å². The second-order valence-electron chi connectivity index (χ2n) is 10.0. The molecule has 1 N–H and O–H groups in total. The molecule has 39 heavy (non-hydrogen) atoms. The van der Waals surface area contributed by atoms with Gasteiger partial charge in [-0.05, 0) is 11.6 Å². The van der Waals surface area contributed by atoms with Gasteiger partial charge >= 0.3 is 0 Å². The first-order valence-corrected chi connectivity index (χ1v) is 13.3. The molecule has 2 aliphatic rings. The van der Waals surface area contributed by atoms with Gasteiger partial charge in [0.2, 0.25) is 0 Å². The predicted octanol–water partition coefficient (Wildman–Crippen LogP) is 2.72. The Morgan fingerprint density at radius 3 is 2.51 bits per heavy atom. The van der Waals surface area contributed by atoms with Crippen LogP contribution in [0.15, 0.2) is 67.4 Å². The van der Waals surface area contributed by atoms with E-state index in [1.165, 1.54) is 5.69 Å². The summed E-state index contributed by atoms with van der Waals surface area (Å²) in [6.45, 7) is 6.58. The largest absolute Gasteiger partial charge is 0.378 e. The van der Waals surface area contributed by atoms with Gasteiger partial charge in [0.05, 0.1) is 43.0 Å². The number of rotatable bonds is 7. The SMILES string of the molecule is Cn1ncc(-c2ccc(CNc3cc(-c4cnc5cc(N6CCN(C7COC7)CC6)ccn45)ncn3)cc2)n1. The number of hydrogen-bond acceptors (Lipinski definition) is 9. The predicted molar refractivity (Wildman–Crippen MR) is 148 cm³/mol. The number of nitrogens with one attached hydrogen (secondary N) is 1. The van der Waals surface area contributed by atoms with Gasteiger partial charge in [-0.3, -0.25) is 9.30 Å². The molecule has 2 aliphatic heterocycles. The number of benzene rings is 1. The molecule has 0 saturated carbocycles. The van der Waals surface area contributed by atoms with E-state index in [4.69, 9.17) is 9.72 Å². The van der Waals surface area contributed by atoms with E-state index in [-0.39, 0.29) is 0 Å². The van der Waals surface area contributed by atoms with E-state index in [1.54, 1.807) is 17.3 Å². The Bertz CT molecular complexity index is 1580. The van der Waals surface area contributed by atoms with E-state index >= 15 is 0 Å². The van der Waals surface area contributed by atoms with Gasteiger partial charge < -0.3 is 15.0 Å². The van der Waals surface area contributed by atoms with Crippen molar-refractivity contribution >= 4 is 17.2 Å². The normalized spacial score (nSPS) is 16.5. The molecular formula is C28H30N10O. The van der Waals surface area contributed by atoms with Crippen LogP contribution in [0.3, 0.4) is 0 Å². The number of nitrogens with zero attached hydrogens (tertiary/aromatic N) is 9. The molecule has 0 spiro atoms. The number of aromatic nitrogens is 7. The number of ether oxygens (including phenoxy) is 1. The Morgan fingerprint density at radius 1 is 0.923 bits per heavy atom. The van der Waals surface area contributed by atoms with E-state index in [1.807, 2.05) is 19.3 Å². The van der Waals surface area contributed by atoms with Gasteiger partial charge in [-0.25, -0.2) is 15.0 Å². The van der Waals surface area contributed by atoms with E-state index in [2.05, 4.69) is 82.3 Å². The van der Waals surface area contributed by atoms with Crippen LogP contribution in [0.5, 0.6) is 0 Å². The van der Waals surface area contributed by atoms with Crippen molar-refractivity contribution in [2.24, 2.45) is 7.05 Å². The number of imidazole rings is 1. The van der Waals surface area contributed by atoms with Crippen LogP contribution in [0.4, 0.5) is 11.5 Å². The summed E-state index contributed by atoms with van der Waals surface area (Å²) < 4.78 is 7.45. The molecule has 7 rings (SSSR count). The van der Waals surface area contributed by atoms with Gasteiger partial charge in [-0.1, -0.05) is 24.3 Å². The summed E-state index contributed by atoms with van der Waals surface area (Å²) in [6, 6.07) is 15.2. The fourth-order valence-corrected chi connectivity index (χ4v) is 5.19. The maximum atomic E-state index is 5.36. The quantitative estimate of drug-likeness (QED) is 0.346. The second kappa shape index (κ2) is 10.1. The third-order valence-corrected chi connectivity index (χ3v) is 7.57. The van der Waals surface area contributed by atoms with Crippen molar-refractivity contribution in [3.05, 3.63) is 72.9 Å². The molecular weight excluding hydrogens is 492 g/mol. The molecule has 1 aromatic carbocycles. The molecule has 0 amide bonds. The lowest BCUT2D eigenvalue weighted by atomic mass is 10.1. The second-order valence-corrected chi connectivity index (χ2v) is 10.0. The summed E-state index contributed by atoms with van der Waals surface area (Å²) in [5, 5.41) is 11.9. The first-order valence-electron chi connectivity index (χ1n) is 13.3. The van der Waals surface area contributed by atoms with Gasteiger partial charge in [-0.15, -0.1) is 0 Å². The van der Waals surface area contributed by atoms with Gasteiger partial charge in [0.1, 0.15) is 23.5 Å². The summed E-state index contributed by atoms with van der Waals surface area (Å²) >= 11 is 0. The van der Waals surface area contributed by atoms with Crippen molar-refractivity contribution in [3.63, 3.8) is 0 Å².